The number of rotatable bonds is 2. The fourth-order valence-corrected chi connectivity index (χ4v) is 2.26. The lowest BCUT2D eigenvalue weighted by atomic mass is 9.85. The van der Waals surface area contributed by atoms with Crippen LogP contribution >= 0.6 is 0 Å². The third kappa shape index (κ3) is 1.51. The van der Waals surface area contributed by atoms with Crippen molar-refractivity contribution in [2.45, 2.75) is 25.8 Å². The summed E-state index contributed by atoms with van der Waals surface area (Å²) in [6, 6.07) is 0. The number of hydrogen-bond acceptors (Lipinski definition) is 3. The van der Waals surface area contributed by atoms with Gasteiger partial charge in [0.05, 0.1) is 6.33 Å². The van der Waals surface area contributed by atoms with Gasteiger partial charge in [-0.3, -0.25) is 14.3 Å². The van der Waals surface area contributed by atoms with Crippen LogP contribution in [0.2, 0.25) is 0 Å². The van der Waals surface area contributed by atoms with E-state index in [0.717, 1.165) is 12.8 Å². The van der Waals surface area contributed by atoms with E-state index in [2.05, 4.69) is 9.97 Å². The molecule has 3 rings (SSSR count). The summed E-state index contributed by atoms with van der Waals surface area (Å²) < 4.78 is 2.94. The van der Waals surface area contributed by atoms with Crippen molar-refractivity contribution in [2.24, 2.45) is 13.0 Å². The van der Waals surface area contributed by atoms with Crippen LogP contribution in [0, 0.1) is 5.92 Å². The lowest BCUT2D eigenvalue weighted by Gasteiger charge is -2.25. The van der Waals surface area contributed by atoms with Crippen LogP contribution in [0.5, 0.6) is 0 Å². The third-order valence-corrected chi connectivity index (χ3v) is 3.52. The highest BCUT2D eigenvalue weighted by Crippen LogP contribution is 2.26. The quantitative estimate of drug-likeness (QED) is 0.808. The Kier molecular flexibility index (Phi) is 2.17. The minimum Gasteiger partial charge on any atom is -0.328 e. The van der Waals surface area contributed by atoms with Gasteiger partial charge in [0.1, 0.15) is 0 Å². The van der Waals surface area contributed by atoms with Crippen LogP contribution in [0.3, 0.4) is 0 Å². The largest absolute Gasteiger partial charge is 0.330 e. The summed E-state index contributed by atoms with van der Waals surface area (Å²) in [5, 5.41) is 0. The number of aromatic nitrogens is 4. The molecule has 6 nitrogen and oxygen atoms in total. The Labute approximate surface area is 96.9 Å². The van der Waals surface area contributed by atoms with E-state index in [9.17, 15) is 9.59 Å². The van der Waals surface area contributed by atoms with Crippen molar-refractivity contribution in [1.29, 1.82) is 0 Å². The van der Waals surface area contributed by atoms with Crippen molar-refractivity contribution in [3.63, 3.8) is 0 Å². The number of aromatic amines is 1. The molecule has 1 N–H and O–H groups in total. The van der Waals surface area contributed by atoms with Gasteiger partial charge in [0.25, 0.3) is 5.56 Å². The number of imidazole rings is 1. The summed E-state index contributed by atoms with van der Waals surface area (Å²) in [7, 11) is 1.75. The molecule has 0 spiro atoms. The van der Waals surface area contributed by atoms with Crippen molar-refractivity contribution in [2.75, 3.05) is 0 Å². The Bertz CT molecular complexity index is 675. The molecule has 1 fully saturated rings. The first-order valence-electron chi connectivity index (χ1n) is 5.81. The topological polar surface area (TPSA) is 72.7 Å². The second-order valence-corrected chi connectivity index (χ2v) is 4.70. The smallest absolute Gasteiger partial charge is 0.328 e. The van der Waals surface area contributed by atoms with Crippen molar-refractivity contribution in [1.82, 2.24) is 19.1 Å². The summed E-state index contributed by atoms with van der Waals surface area (Å²) in [6.45, 7) is 0.523. The average molecular weight is 234 g/mol. The van der Waals surface area contributed by atoms with Crippen LogP contribution < -0.4 is 11.2 Å². The van der Waals surface area contributed by atoms with Crippen LogP contribution in [0.25, 0.3) is 11.2 Å². The molecule has 1 aliphatic carbocycles. The number of nitrogens with zero attached hydrogens (tertiary/aromatic N) is 3. The van der Waals surface area contributed by atoms with Gasteiger partial charge in [-0.1, -0.05) is 6.42 Å². The first kappa shape index (κ1) is 10.3. The normalized spacial score (nSPS) is 16.3. The molecule has 0 amide bonds. The number of aryl methyl sites for hydroxylation is 1. The molecule has 1 aliphatic rings. The van der Waals surface area contributed by atoms with E-state index in [4.69, 9.17) is 0 Å². The molecular weight excluding hydrogens is 220 g/mol. The molecule has 0 radical (unpaired) electrons. The molecule has 0 aromatic carbocycles. The van der Waals surface area contributed by atoms with Gasteiger partial charge < -0.3 is 4.57 Å². The van der Waals surface area contributed by atoms with E-state index in [1.54, 1.807) is 11.6 Å². The standard InChI is InChI=1S/C11H14N4O2/c1-14-6-12-9-8(14)10(16)15(11(17)13-9)5-7-3-2-4-7/h6-7H,2-5H2,1H3,(H,13,17). The molecule has 2 aromatic rings. The number of H-pyrrole nitrogens is 1. The van der Waals surface area contributed by atoms with E-state index >= 15 is 0 Å². The van der Waals surface area contributed by atoms with E-state index in [-0.39, 0.29) is 11.2 Å². The van der Waals surface area contributed by atoms with Gasteiger partial charge >= 0.3 is 5.69 Å². The van der Waals surface area contributed by atoms with E-state index < -0.39 is 0 Å². The summed E-state index contributed by atoms with van der Waals surface area (Å²) in [6.07, 6.45) is 4.95. The molecule has 0 bridgehead atoms. The third-order valence-electron chi connectivity index (χ3n) is 3.52. The molecule has 90 valence electrons. The summed E-state index contributed by atoms with van der Waals surface area (Å²) in [5.74, 6) is 0.472. The monoisotopic (exact) mass is 234 g/mol. The highest BCUT2D eigenvalue weighted by molar-refractivity contribution is 5.68. The Hall–Kier alpha value is -1.85. The maximum absolute atomic E-state index is 12.2. The van der Waals surface area contributed by atoms with Gasteiger partial charge in [-0.15, -0.1) is 0 Å². The first-order chi connectivity index (χ1) is 8.16. The molecule has 0 atom stereocenters. The van der Waals surface area contributed by atoms with E-state index in [1.807, 2.05) is 0 Å². The first-order valence-corrected chi connectivity index (χ1v) is 5.81. The molecule has 2 aromatic heterocycles. The second kappa shape index (κ2) is 3.58. The lowest BCUT2D eigenvalue weighted by molar-refractivity contribution is 0.270. The molecule has 2 heterocycles. The minimum absolute atomic E-state index is 0.240. The highest BCUT2D eigenvalue weighted by atomic mass is 16.2. The van der Waals surface area contributed by atoms with E-state index in [0.29, 0.717) is 23.6 Å². The molecule has 17 heavy (non-hydrogen) atoms. The van der Waals surface area contributed by atoms with Gasteiger partial charge in [0, 0.05) is 13.6 Å². The zero-order chi connectivity index (χ0) is 12.0. The molecule has 1 saturated carbocycles. The number of fused-ring (bicyclic) bond motifs is 1. The van der Waals surface area contributed by atoms with Gasteiger partial charge in [0.15, 0.2) is 11.2 Å². The number of hydrogen-bond donors (Lipinski definition) is 1. The average Bonchev–Trinajstić information content (AvgIpc) is 2.57. The van der Waals surface area contributed by atoms with Crippen LogP contribution in [-0.2, 0) is 13.6 Å². The number of nitrogens with one attached hydrogen (secondary N) is 1. The Morgan fingerprint density at radius 2 is 2.24 bits per heavy atom. The fraction of sp³-hybridized carbons (Fsp3) is 0.545. The highest BCUT2D eigenvalue weighted by Gasteiger charge is 2.20. The Balaban J connectivity index is 2.19. The van der Waals surface area contributed by atoms with Crippen LogP contribution in [0.15, 0.2) is 15.9 Å². The molecular formula is C11H14N4O2. The maximum atomic E-state index is 12.2. The Morgan fingerprint density at radius 1 is 1.47 bits per heavy atom. The van der Waals surface area contributed by atoms with Crippen molar-refractivity contribution < 1.29 is 0 Å². The zero-order valence-electron chi connectivity index (χ0n) is 9.64. The predicted octanol–water partition coefficient (Wildman–Crippen LogP) is 0.223. The molecule has 0 saturated heterocycles. The van der Waals surface area contributed by atoms with Gasteiger partial charge in [-0.25, -0.2) is 9.78 Å². The zero-order valence-corrected chi connectivity index (χ0v) is 9.64. The lowest BCUT2D eigenvalue weighted by Crippen LogP contribution is -2.38. The second-order valence-electron chi connectivity index (χ2n) is 4.70. The van der Waals surface area contributed by atoms with Gasteiger partial charge in [-0.2, -0.15) is 0 Å². The maximum Gasteiger partial charge on any atom is 0.330 e. The van der Waals surface area contributed by atoms with Crippen LogP contribution in [-0.4, -0.2) is 19.1 Å². The van der Waals surface area contributed by atoms with Crippen LogP contribution in [0.4, 0.5) is 0 Å². The van der Waals surface area contributed by atoms with Crippen molar-refractivity contribution in [3.05, 3.63) is 27.2 Å². The van der Waals surface area contributed by atoms with Gasteiger partial charge in [-0.05, 0) is 18.8 Å². The summed E-state index contributed by atoms with van der Waals surface area (Å²) in [5.41, 5.74) is 0.236. The van der Waals surface area contributed by atoms with E-state index in [1.165, 1.54) is 17.3 Å². The van der Waals surface area contributed by atoms with Crippen LogP contribution in [0.1, 0.15) is 19.3 Å². The fourth-order valence-electron chi connectivity index (χ4n) is 2.26. The van der Waals surface area contributed by atoms with Crippen molar-refractivity contribution in [3.8, 4) is 0 Å². The molecule has 6 heteroatoms. The summed E-state index contributed by atoms with van der Waals surface area (Å²) in [4.78, 5) is 30.6. The molecule has 0 aliphatic heterocycles. The Morgan fingerprint density at radius 3 is 2.88 bits per heavy atom. The molecule has 0 unspecified atom stereocenters. The van der Waals surface area contributed by atoms with Gasteiger partial charge in [0.2, 0.25) is 0 Å². The predicted molar refractivity (Wildman–Crippen MR) is 62.9 cm³/mol. The van der Waals surface area contributed by atoms with Crippen molar-refractivity contribution >= 4 is 11.2 Å². The summed E-state index contributed by atoms with van der Waals surface area (Å²) >= 11 is 0. The SMILES string of the molecule is Cn1cnc2[nH]c(=O)n(CC3CCC3)c(=O)c21. The minimum atomic E-state index is -0.354.